The molecule has 0 aliphatic heterocycles. The molecule has 3 nitrogen and oxygen atoms in total. The lowest BCUT2D eigenvalue weighted by Crippen LogP contribution is -2.54. The van der Waals surface area contributed by atoms with E-state index in [1.807, 2.05) is 6.92 Å². The summed E-state index contributed by atoms with van der Waals surface area (Å²) in [6, 6.07) is 0. The average molecular weight is 240 g/mol. The molecule has 1 fully saturated rings. The maximum Gasteiger partial charge on any atom is 0.0672 e. The second-order valence-corrected chi connectivity index (χ2v) is 5.32. The van der Waals surface area contributed by atoms with Gasteiger partial charge in [0.15, 0.2) is 0 Å². The van der Waals surface area contributed by atoms with Gasteiger partial charge in [0.1, 0.15) is 0 Å². The number of hydrogen-bond donors (Lipinski definition) is 2. The Labute approximate surface area is 106 Å². The fraction of sp³-hybridized carbons (Fsp3) is 0.857. The zero-order valence-electron chi connectivity index (χ0n) is 11.4. The van der Waals surface area contributed by atoms with E-state index in [0.29, 0.717) is 6.61 Å². The summed E-state index contributed by atoms with van der Waals surface area (Å²) in [6.45, 7) is 11.1. The van der Waals surface area contributed by atoms with Gasteiger partial charge < -0.3 is 15.8 Å². The van der Waals surface area contributed by atoms with Crippen LogP contribution in [0.2, 0.25) is 0 Å². The summed E-state index contributed by atoms with van der Waals surface area (Å²) in [5.74, 6) is 0.786. The van der Waals surface area contributed by atoms with Crippen LogP contribution in [0.15, 0.2) is 12.2 Å². The molecule has 0 saturated heterocycles. The standard InChI is InChI=1S/C14H28N2O/c1-4-7-14(11-15,13-5-6-13)16-8-9-17-10-12(2)3/h13,16H,2,4-11,15H2,1,3H3. The molecule has 0 spiro atoms. The molecule has 0 bridgehead atoms. The topological polar surface area (TPSA) is 47.3 Å². The van der Waals surface area contributed by atoms with Gasteiger partial charge >= 0.3 is 0 Å². The van der Waals surface area contributed by atoms with Crippen molar-refractivity contribution in [1.82, 2.24) is 5.32 Å². The van der Waals surface area contributed by atoms with Gasteiger partial charge in [0.2, 0.25) is 0 Å². The van der Waals surface area contributed by atoms with Crippen molar-refractivity contribution in [2.75, 3.05) is 26.3 Å². The van der Waals surface area contributed by atoms with Crippen LogP contribution in [0.4, 0.5) is 0 Å². The molecule has 0 radical (unpaired) electrons. The van der Waals surface area contributed by atoms with Crippen molar-refractivity contribution in [2.24, 2.45) is 11.7 Å². The van der Waals surface area contributed by atoms with Gasteiger partial charge in [-0.25, -0.2) is 0 Å². The first-order chi connectivity index (χ1) is 8.14. The van der Waals surface area contributed by atoms with Crippen LogP contribution in [0.1, 0.15) is 39.5 Å². The third-order valence-corrected chi connectivity index (χ3v) is 3.49. The Bertz CT molecular complexity index is 238. The van der Waals surface area contributed by atoms with E-state index in [0.717, 1.165) is 31.2 Å². The van der Waals surface area contributed by atoms with Crippen molar-refractivity contribution < 1.29 is 4.74 Å². The molecule has 1 atom stereocenters. The van der Waals surface area contributed by atoms with Crippen LogP contribution in [-0.2, 0) is 4.74 Å². The molecule has 0 aromatic carbocycles. The Morgan fingerprint density at radius 2 is 2.24 bits per heavy atom. The molecule has 0 heterocycles. The van der Waals surface area contributed by atoms with E-state index >= 15 is 0 Å². The maximum absolute atomic E-state index is 5.98. The molecule has 100 valence electrons. The highest BCUT2D eigenvalue weighted by Crippen LogP contribution is 2.41. The number of hydrogen-bond acceptors (Lipinski definition) is 3. The van der Waals surface area contributed by atoms with Crippen LogP contribution in [0.25, 0.3) is 0 Å². The zero-order chi connectivity index (χ0) is 12.7. The van der Waals surface area contributed by atoms with E-state index in [1.54, 1.807) is 0 Å². The van der Waals surface area contributed by atoms with Crippen molar-refractivity contribution in [1.29, 1.82) is 0 Å². The predicted molar refractivity (Wildman–Crippen MR) is 73.1 cm³/mol. The van der Waals surface area contributed by atoms with Crippen molar-refractivity contribution in [3.8, 4) is 0 Å². The van der Waals surface area contributed by atoms with Gasteiger partial charge in [-0.05, 0) is 32.1 Å². The predicted octanol–water partition coefficient (Wildman–Crippen LogP) is 2.08. The maximum atomic E-state index is 5.98. The Morgan fingerprint density at radius 3 is 2.71 bits per heavy atom. The van der Waals surface area contributed by atoms with Crippen molar-refractivity contribution in [2.45, 2.75) is 45.1 Å². The van der Waals surface area contributed by atoms with Crippen molar-refractivity contribution >= 4 is 0 Å². The molecular weight excluding hydrogens is 212 g/mol. The number of rotatable bonds is 10. The Morgan fingerprint density at radius 1 is 1.53 bits per heavy atom. The molecule has 1 unspecified atom stereocenters. The SMILES string of the molecule is C=C(C)COCCNC(CN)(CCC)C1CC1. The molecule has 1 saturated carbocycles. The molecule has 3 heteroatoms. The molecular formula is C14H28N2O. The van der Waals surface area contributed by atoms with E-state index < -0.39 is 0 Å². The minimum Gasteiger partial charge on any atom is -0.376 e. The molecule has 0 amide bonds. The summed E-state index contributed by atoms with van der Waals surface area (Å²) in [7, 11) is 0. The van der Waals surface area contributed by atoms with E-state index in [2.05, 4.69) is 18.8 Å². The highest BCUT2D eigenvalue weighted by atomic mass is 16.5. The first-order valence-electron chi connectivity index (χ1n) is 6.82. The quantitative estimate of drug-likeness (QED) is 0.454. The Balaban J connectivity index is 2.26. The van der Waals surface area contributed by atoms with Gasteiger partial charge in [0, 0.05) is 18.6 Å². The minimum absolute atomic E-state index is 0.168. The summed E-state index contributed by atoms with van der Waals surface area (Å²) >= 11 is 0. The third kappa shape index (κ3) is 4.78. The third-order valence-electron chi connectivity index (χ3n) is 3.49. The van der Waals surface area contributed by atoms with Gasteiger partial charge in [-0.1, -0.05) is 25.5 Å². The normalized spacial score (nSPS) is 19.0. The zero-order valence-corrected chi connectivity index (χ0v) is 11.4. The summed E-state index contributed by atoms with van der Waals surface area (Å²) in [5, 5.41) is 3.64. The lowest BCUT2D eigenvalue weighted by molar-refractivity contribution is 0.142. The van der Waals surface area contributed by atoms with Gasteiger partial charge in [-0.15, -0.1) is 0 Å². The summed E-state index contributed by atoms with van der Waals surface area (Å²) in [4.78, 5) is 0. The number of ether oxygens (including phenoxy) is 1. The molecule has 1 aliphatic carbocycles. The molecule has 3 N–H and O–H groups in total. The van der Waals surface area contributed by atoms with E-state index in [1.165, 1.54) is 25.7 Å². The fourth-order valence-electron chi connectivity index (χ4n) is 2.48. The van der Waals surface area contributed by atoms with E-state index in [-0.39, 0.29) is 5.54 Å². The fourth-order valence-corrected chi connectivity index (χ4v) is 2.48. The van der Waals surface area contributed by atoms with Crippen LogP contribution < -0.4 is 11.1 Å². The number of nitrogens with one attached hydrogen (secondary N) is 1. The van der Waals surface area contributed by atoms with Crippen LogP contribution in [0.5, 0.6) is 0 Å². The second-order valence-electron chi connectivity index (χ2n) is 5.32. The lowest BCUT2D eigenvalue weighted by Gasteiger charge is -2.34. The monoisotopic (exact) mass is 240 g/mol. The van der Waals surface area contributed by atoms with E-state index in [9.17, 15) is 0 Å². The highest BCUT2D eigenvalue weighted by Gasteiger charge is 2.42. The Kier molecular flexibility index (Phi) is 6.17. The van der Waals surface area contributed by atoms with E-state index in [4.69, 9.17) is 10.5 Å². The van der Waals surface area contributed by atoms with Crippen molar-refractivity contribution in [3.63, 3.8) is 0 Å². The van der Waals surface area contributed by atoms with Gasteiger partial charge in [0.25, 0.3) is 0 Å². The minimum atomic E-state index is 0.168. The van der Waals surface area contributed by atoms with Gasteiger partial charge in [-0.3, -0.25) is 0 Å². The molecule has 1 aliphatic rings. The van der Waals surface area contributed by atoms with Crippen LogP contribution in [0.3, 0.4) is 0 Å². The average Bonchev–Trinajstić information content (AvgIpc) is 3.11. The van der Waals surface area contributed by atoms with Crippen LogP contribution in [0, 0.1) is 5.92 Å². The lowest BCUT2D eigenvalue weighted by atomic mass is 9.88. The summed E-state index contributed by atoms with van der Waals surface area (Å²) in [6.07, 6.45) is 5.02. The first-order valence-corrected chi connectivity index (χ1v) is 6.82. The molecule has 0 aromatic heterocycles. The van der Waals surface area contributed by atoms with Gasteiger partial charge in [0.05, 0.1) is 13.2 Å². The van der Waals surface area contributed by atoms with Crippen LogP contribution >= 0.6 is 0 Å². The molecule has 17 heavy (non-hydrogen) atoms. The Hall–Kier alpha value is -0.380. The smallest absolute Gasteiger partial charge is 0.0672 e. The molecule has 0 aromatic rings. The number of nitrogens with two attached hydrogens (primary N) is 1. The van der Waals surface area contributed by atoms with Crippen LogP contribution in [-0.4, -0.2) is 31.8 Å². The summed E-state index contributed by atoms with van der Waals surface area (Å²) in [5.41, 5.74) is 7.22. The van der Waals surface area contributed by atoms with Crippen molar-refractivity contribution in [3.05, 3.63) is 12.2 Å². The summed E-state index contributed by atoms with van der Waals surface area (Å²) < 4.78 is 5.51. The molecule has 1 rings (SSSR count). The van der Waals surface area contributed by atoms with Gasteiger partial charge in [-0.2, -0.15) is 0 Å². The first kappa shape index (κ1) is 14.7. The highest BCUT2D eigenvalue weighted by molar-refractivity contribution is 5.01. The second kappa shape index (κ2) is 7.14. The largest absolute Gasteiger partial charge is 0.376 e.